The van der Waals surface area contributed by atoms with Crippen LogP contribution in [-0.2, 0) is 0 Å². The molecule has 0 atom stereocenters. The fraction of sp³-hybridized carbons (Fsp3) is 0.0909. The molecule has 2 aromatic heterocycles. The van der Waals surface area contributed by atoms with Crippen LogP contribution in [0.4, 0.5) is 24.8 Å². The lowest BCUT2D eigenvalue weighted by Gasteiger charge is -2.09. The summed E-state index contributed by atoms with van der Waals surface area (Å²) in [4.78, 5) is 16.4. The standard InChI is InChI=1S/C22H15F3N6O/c23-18(24)11-27-21(32)16-6-3-5-15(20(16)25)14-8-9-19-29-22(30-31(19)12-14)28-17-7-2-1-4-13(17)10-26/h1-9,12,18H,11H2,(H,27,32)(H,28,30). The van der Waals surface area contributed by atoms with Gasteiger partial charge in [-0.15, -0.1) is 5.10 Å². The molecule has 2 heterocycles. The van der Waals surface area contributed by atoms with Crippen LogP contribution in [0.3, 0.4) is 0 Å². The Balaban J connectivity index is 1.64. The van der Waals surface area contributed by atoms with Gasteiger partial charge in [0.05, 0.1) is 23.4 Å². The van der Waals surface area contributed by atoms with Crippen LogP contribution < -0.4 is 10.6 Å². The number of halogens is 3. The molecule has 0 fully saturated rings. The Hall–Kier alpha value is -4.39. The van der Waals surface area contributed by atoms with Crippen molar-refractivity contribution >= 4 is 23.2 Å². The molecule has 7 nitrogen and oxygen atoms in total. The quantitative estimate of drug-likeness (QED) is 0.474. The molecule has 4 rings (SSSR count). The molecular formula is C22H15F3N6O. The molecule has 0 saturated heterocycles. The molecule has 32 heavy (non-hydrogen) atoms. The van der Waals surface area contributed by atoms with Gasteiger partial charge in [-0.2, -0.15) is 10.2 Å². The average molecular weight is 436 g/mol. The fourth-order valence-electron chi connectivity index (χ4n) is 3.10. The number of carbonyl (C=O) groups excluding carboxylic acids is 1. The molecular weight excluding hydrogens is 421 g/mol. The number of para-hydroxylation sites is 1. The van der Waals surface area contributed by atoms with Crippen molar-refractivity contribution in [2.24, 2.45) is 0 Å². The van der Waals surface area contributed by atoms with Crippen molar-refractivity contribution in [2.75, 3.05) is 11.9 Å². The Morgan fingerprint density at radius 2 is 1.94 bits per heavy atom. The van der Waals surface area contributed by atoms with E-state index in [1.54, 1.807) is 36.4 Å². The second-order valence-electron chi connectivity index (χ2n) is 6.71. The van der Waals surface area contributed by atoms with E-state index >= 15 is 0 Å². The average Bonchev–Trinajstić information content (AvgIpc) is 3.19. The number of alkyl halides is 2. The normalized spacial score (nSPS) is 10.8. The molecule has 1 amide bonds. The van der Waals surface area contributed by atoms with Crippen LogP contribution in [0.15, 0.2) is 60.8 Å². The second kappa shape index (κ2) is 8.77. The Morgan fingerprint density at radius 1 is 1.12 bits per heavy atom. The highest BCUT2D eigenvalue weighted by molar-refractivity contribution is 5.95. The van der Waals surface area contributed by atoms with Crippen LogP contribution in [0.5, 0.6) is 0 Å². The lowest BCUT2D eigenvalue weighted by Crippen LogP contribution is -2.29. The molecule has 0 saturated carbocycles. The number of nitrogens with zero attached hydrogens (tertiary/aromatic N) is 4. The van der Waals surface area contributed by atoms with Crippen molar-refractivity contribution in [2.45, 2.75) is 6.43 Å². The minimum Gasteiger partial charge on any atom is -0.346 e. The molecule has 2 aromatic carbocycles. The maximum absolute atomic E-state index is 15.0. The summed E-state index contributed by atoms with van der Waals surface area (Å²) in [5, 5.41) is 18.5. The van der Waals surface area contributed by atoms with E-state index in [2.05, 4.69) is 21.5 Å². The molecule has 0 spiro atoms. The zero-order valence-corrected chi connectivity index (χ0v) is 16.4. The van der Waals surface area contributed by atoms with E-state index in [9.17, 15) is 23.2 Å². The molecule has 160 valence electrons. The van der Waals surface area contributed by atoms with E-state index in [1.807, 2.05) is 5.32 Å². The Bertz CT molecular complexity index is 1350. The number of hydrogen-bond acceptors (Lipinski definition) is 5. The summed E-state index contributed by atoms with van der Waals surface area (Å²) < 4.78 is 41.1. The maximum Gasteiger partial charge on any atom is 0.255 e. The summed E-state index contributed by atoms with van der Waals surface area (Å²) >= 11 is 0. The highest BCUT2D eigenvalue weighted by Gasteiger charge is 2.18. The van der Waals surface area contributed by atoms with Crippen LogP contribution in [0, 0.1) is 17.1 Å². The molecule has 4 aromatic rings. The monoisotopic (exact) mass is 436 g/mol. The van der Waals surface area contributed by atoms with Gasteiger partial charge in [0.2, 0.25) is 5.95 Å². The summed E-state index contributed by atoms with van der Waals surface area (Å²) in [5.41, 5.74) is 1.62. The number of anilines is 2. The number of rotatable bonds is 6. The van der Waals surface area contributed by atoms with Gasteiger partial charge >= 0.3 is 0 Å². The molecule has 0 aliphatic carbocycles. The van der Waals surface area contributed by atoms with E-state index < -0.39 is 24.7 Å². The third-order valence-electron chi connectivity index (χ3n) is 4.60. The van der Waals surface area contributed by atoms with Gasteiger partial charge in [-0.05, 0) is 30.3 Å². The van der Waals surface area contributed by atoms with Gasteiger partial charge in [0, 0.05) is 17.3 Å². The van der Waals surface area contributed by atoms with Crippen molar-refractivity contribution in [1.82, 2.24) is 19.9 Å². The number of pyridine rings is 1. The lowest BCUT2D eigenvalue weighted by molar-refractivity contribution is 0.0888. The predicted molar refractivity (Wildman–Crippen MR) is 111 cm³/mol. The van der Waals surface area contributed by atoms with Crippen molar-refractivity contribution in [1.29, 1.82) is 5.26 Å². The van der Waals surface area contributed by atoms with Gasteiger partial charge < -0.3 is 10.6 Å². The first kappa shape index (κ1) is 20.9. The van der Waals surface area contributed by atoms with Crippen molar-refractivity contribution in [3.05, 3.63) is 77.7 Å². The number of nitriles is 1. The first-order chi connectivity index (χ1) is 15.5. The highest BCUT2D eigenvalue weighted by atomic mass is 19.3. The Morgan fingerprint density at radius 3 is 2.72 bits per heavy atom. The summed E-state index contributed by atoms with van der Waals surface area (Å²) in [6, 6.07) is 16.3. The first-order valence-electron chi connectivity index (χ1n) is 9.44. The van der Waals surface area contributed by atoms with Gasteiger partial charge in [-0.1, -0.05) is 24.3 Å². The highest BCUT2D eigenvalue weighted by Crippen LogP contribution is 2.26. The van der Waals surface area contributed by atoms with E-state index in [1.165, 1.54) is 28.9 Å². The van der Waals surface area contributed by atoms with Crippen molar-refractivity contribution < 1.29 is 18.0 Å². The van der Waals surface area contributed by atoms with Gasteiger partial charge in [-0.25, -0.2) is 17.7 Å². The summed E-state index contributed by atoms with van der Waals surface area (Å²) in [6.07, 6.45) is -1.20. The number of nitrogens with one attached hydrogen (secondary N) is 2. The van der Waals surface area contributed by atoms with Crippen LogP contribution in [-0.4, -0.2) is 33.5 Å². The van der Waals surface area contributed by atoms with Gasteiger partial charge in [0.15, 0.2) is 5.65 Å². The number of aromatic nitrogens is 3. The molecule has 0 bridgehead atoms. The first-order valence-corrected chi connectivity index (χ1v) is 9.44. The number of amides is 1. The summed E-state index contributed by atoms with van der Waals surface area (Å²) in [7, 11) is 0. The molecule has 0 aliphatic rings. The van der Waals surface area contributed by atoms with Crippen LogP contribution >= 0.6 is 0 Å². The molecule has 0 radical (unpaired) electrons. The Kier molecular flexibility index (Phi) is 5.72. The number of carbonyl (C=O) groups is 1. The van der Waals surface area contributed by atoms with E-state index in [4.69, 9.17) is 0 Å². The maximum atomic E-state index is 15.0. The molecule has 10 heteroatoms. The van der Waals surface area contributed by atoms with Crippen molar-refractivity contribution in [3.63, 3.8) is 0 Å². The number of hydrogen-bond donors (Lipinski definition) is 2. The molecule has 0 aliphatic heterocycles. The van der Waals surface area contributed by atoms with E-state index in [0.717, 1.165) is 0 Å². The summed E-state index contributed by atoms with van der Waals surface area (Å²) in [5.74, 6) is -1.51. The number of benzene rings is 2. The van der Waals surface area contributed by atoms with Crippen LogP contribution in [0.25, 0.3) is 16.8 Å². The number of fused-ring (bicyclic) bond motifs is 1. The largest absolute Gasteiger partial charge is 0.346 e. The third kappa shape index (κ3) is 4.22. The minimum atomic E-state index is -2.73. The minimum absolute atomic E-state index is 0.108. The Labute approximate surface area is 180 Å². The van der Waals surface area contributed by atoms with Crippen LogP contribution in [0.2, 0.25) is 0 Å². The topological polar surface area (TPSA) is 95.1 Å². The van der Waals surface area contributed by atoms with Gasteiger partial charge in [-0.3, -0.25) is 4.79 Å². The van der Waals surface area contributed by atoms with Gasteiger partial charge in [0.1, 0.15) is 11.9 Å². The zero-order valence-electron chi connectivity index (χ0n) is 16.4. The van der Waals surface area contributed by atoms with E-state index in [0.29, 0.717) is 22.5 Å². The van der Waals surface area contributed by atoms with Crippen molar-refractivity contribution in [3.8, 4) is 17.2 Å². The second-order valence-corrected chi connectivity index (χ2v) is 6.71. The lowest BCUT2D eigenvalue weighted by atomic mass is 10.0. The smallest absolute Gasteiger partial charge is 0.255 e. The predicted octanol–water partition coefficient (Wildman–Crippen LogP) is 4.15. The summed E-state index contributed by atoms with van der Waals surface area (Å²) in [6.45, 7) is -0.863. The zero-order chi connectivity index (χ0) is 22.7. The third-order valence-corrected chi connectivity index (χ3v) is 4.60. The SMILES string of the molecule is N#Cc1ccccc1Nc1nc2ccc(-c3cccc(C(=O)NCC(F)F)c3F)cn2n1. The fourth-order valence-corrected chi connectivity index (χ4v) is 3.10. The van der Waals surface area contributed by atoms with Crippen LogP contribution in [0.1, 0.15) is 15.9 Å². The van der Waals surface area contributed by atoms with E-state index in [-0.39, 0.29) is 17.1 Å². The van der Waals surface area contributed by atoms with Gasteiger partial charge in [0.25, 0.3) is 12.3 Å². The molecule has 2 N–H and O–H groups in total. The molecule has 0 unspecified atom stereocenters.